The number of methoxy groups -OCH3 is 1. The summed E-state index contributed by atoms with van der Waals surface area (Å²) < 4.78 is 43.4. The molecule has 0 aliphatic carbocycles. The maximum absolute atomic E-state index is 12.8. The number of hydrogen-bond acceptors (Lipinski definition) is 2. The van der Waals surface area contributed by atoms with Gasteiger partial charge in [0.15, 0.2) is 5.88 Å². The first-order chi connectivity index (χ1) is 9.88. The van der Waals surface area contributed by atoms with Crippen LogP contribution in [0.25, 0.3) is 10.8 Å². The van der Waals surface area contributed by atoms with Crippen LogP contribution >= 0.6 is 0 Å². The second-order valence-electron chi connectivity index (χ2n) is 4.83. The van der Waals surface area contributed by atoms with E-state index in [4.69, 9.17) is 4.74 Å². The second-order valence-corrected chi connectivity index (χ2v) is 4.83. The van der Waals surface area contributed by atoms with E-state index in [9.17, 15) is 18.0 Å². The van der Waals surface area contributed by atoms with Crippen molar-refractivity contribution in [2.45, 2.75) is 32.4 Å². The molecule has 114 valence electrons. The van der Waals surface area contributed by atoms with Gasteiger partial charge in [0, 0.05) is 10.9 Å². The molecule has 1 aromatic heterocycles. The fraction of sp³-hybridized carbons (Fsp3) is 0.400. The van der Waals surface area contributed by atoms with E-state index in [2.05, 4.69) is 4.98 Å². The van der Waals surface area contributed by atoms with E-state index in [0.717, 1.165) is 30.5 Å². The largest absolute Gasteiger partial charge is 0.482 e. The standard InChI is InChI=1S/C15H16F3NO2/c1-3-4-5-11-10-7-6-9(15(16,17)18)8-12(10)13(20)19-14(11)21-2/h6-8H,3-5H2,1-2H3,(H,19,20). The highest BCUT2D eigenvalue weighted by molar-refractivity contribution is 5.87. The predicted octanol–water partition coefficient (Wildman–Crippen LogP) is 3.90. The normalized spacial score (nSPS) is 11.9. The Hall–Kier alpha value is -1.98. The summed E-state index contributed by atoms with van der Waals surface area (Å²) >= 11 is 0. The highest BCUT2D eigenvalue weighted by Gasteiger charge is 2.31. The van der Waals surface area contributed by atoms with Crippen molar-refractivity contribution in [3.05, 3.63) is 39.7 Å². The Labute approximate surface area is 119 Å². The zero-order valence-electron chi connectivity index (χ0n) is 11.8. The summed E-state index contributed by atoms with van der Waals surface area (Å²) in [7, 11) is 1.43. The van der Waals surface area contributed by atoms with Crippen LogP contribution in [0.15, 0.2) is 23.0 Å². The molecular formula is C15H16F3NO2. The number of pyridine rings is 1. The zero-order chi connectivity index (χ0) is 15.6. The van der Waals surface area contributed by atoms with Crippen molar-refractivity contribution in [2.75, 3.05) is 7.11 Å². The molecule has 2 rings (SSSR count). The van der Waals surface area contributed by atoms with Gasteiger partial charge < -0.3 is 4.74 Å². The lowest BCUT2D eigenvalue weighted by Gasteiger charge is -2.13. The molecule has 0 radical (unpaired) electrons. The van der Waals surface area contributed by atoms with Crippen LogP contribution in [0.5, 0.6) is 5.88 Å². The number of aryl methyl sites for hydroxylation is 1. The molecule has 1 N–H and O–H groups in total. The Morgan fingerprint density at radius 1 is 1.24 bits per heavy atom. The lowest BCUT2D eigenvalue weighted by Crippen LogP contribution is -2.13. The number of benzene rings is 1. The Balaban J connectivity index is 2.70. The quantitative estimate of drug-likeness (QED) is 0.930. The Bertz CT molecular complexity index is 704. The van der Waals surface area contributed by atoms with E-state index in [1.807, 2.05) is 6.92 Å². The third-order valence-electron chi connectivity index (χ3n) is 3.40. The molecule has 0 spiro atoms. The van der Waals surface area contributed by atoms with E-state index in [1.165, 1.54) is 13.2 Å². The number of aromatic amines is 1. The maximum atomic E-state index is 12.8. The first-order valence-electron chi connectivity index (χ1n) is 6.68. The fourth-order valence-corrected chi connectivity index (χ4v) is 2.32. The molecule has 1 heterocycles. The van der Waals surface area contributed by atoms with Crippen molar-refractivity contribution in [1.82, 2.24) is 4.98 Å². The molecule has 6 heteroatoms. The fourth-order valence-electron chi connectivity index (χ4n) is 2.32. The van der Waals surface area contributed by atoms with E-state index < -0.39 is 17.3 Å². The summed E-state index contributed by atoms with van der Waals surface area (Å²) in [6.45, 7) is 2.02. The molecule has 0 bridgehead atoms. The van der Waals surface area contributed by atoms with Crippen molar-refractivity contribution >= 4 is 10.8 Å². The minimum absolute atomic E-state index is 0.0386. The predicted molar refractivity (Wildman–Crippen MR) is 74.7 cm³/mol. The highest BCUT2D eigenvalue weighted by atomic mass is 19.4. The van der Waals surface area contributed by atoms with Gasteiger partial charge in [0.2, 0.25) is 0 Å². The topological polar surface area (TPSA) is 42.1 Å². The minimum atomic E-state index is -4.47. The van der Waals surface area contributed by atoms with E-state index >= 15 is 0 Å². The van der Waals surface area contributed by atoms with Crippen molar-refractivity contribution in [2.24, 2.45) is 0 Å². The smallest absolute Gasteiger partial charge is 0.416 e. The third kappa shape index (κ3) is 3.04. The van der Waals surface area contributed by atoms with Gasteiger partial charge in [-0.1, -0.05) is 19.4 Å². The average Bonchev–Trinajstić information content (AvgIpc) is 2.44. The Kier molecular flexibility index (Phi) is 4.25. The van der Waals surface area contributed by atoms with Gasteiger partial charge in [-0.15, -0.1) is 0 Å². The van der Waals surface area contributed by atoms with Crippen LogP contribution in [0.2, 0.25) is 0 Å². The lowest BCUT2D eigenvalue weighted by atomic mass is 10.0. The van der Waals surface area contributed by atoms with Gasteiger partial charge in [-0.05, 0) is 30.4 Å². The zero-order valence-corrected chi connectivity index (χ0v) is 11.8. The molecule has 0 aliphatic heterocycles. The summed E-state index contributed by atoms with van der Waals surface area (Å²) in [5.41, 5.74) is -0.664. The van der Waals surface area contributed by atoms with Crippen LogP contribution in [0, 0.1) is 0 Å². The first kappa shape index (κ1) is 15.4. The van der Waals surface area contributed by atoms with E-state index in [0.29, 0.717) is 17.7 Å². The summed E-state index contributed by atoms with van der Waals surface area (Å²) in [6, 6.07) is 3.24. The molecule has 0 fully saturated rings. The molecule has 1 aromatic carbocycles. The van der Waals surface area contributed by atoms with Crippen molar-refractivity contribution in [3.63, 3.8) is 0 Å². The second kappa shape index (κ2) is 5.79. The number of alkyl halides is 3. The van der Waals surface area contributed by atoms with E-state index in [1.54, 1.807) is 0 Å². The molecule has 2 aromatic rings. The van der Waals surface area contributed by atoms with Gasteiger partial charge >= 0.3 is 6.18 Å². The van der Waals surface area contributed by atoms with Gasteiger partial charge in [-0.25, -0.2) is 0 Å². The molecule has 0 saturated carbocycles. The lowest BCUT2D eigenvalue weighted by molar-refractivity contribution is -0.137. The Morgan fingerprint density at radius 2 is 1.95 bits per heavy atom. The molecule has 0 atom stereocenters. The summed E-state index contributed by atoms with van der Waals surface area (Å²) in [5.74, 6) is 0.320. The average molecular weight is 299 g/mol. The molecule has 3 nitrogen and oxygen atoms in total. The van der Waals surface area contributed by atoms with E-state index in [-0.39, 0.29) is 5.39 Å². The number of H-pyrrole nitrogens is 1. The number of nitrogens with one attached hydrogen (secondary N) is 1. The molecule has 21 heavy (non-hydrogen) atoms. The summed E-state index contributed by atoms with van der Waals surface area (Å²) in [6.07, 6.45) is -2.04. The highest BCUT2D eigenvalue weighted by Crippen LogP contribution is 2.33. The monoisotopic (exact) mass is 299 g/mol. The van der Waals surface area contributed by atoms with Crippen LogP contribution in [0.4, 0.5) is 13.2 Å². The van der Waals surface area contributed by atoms with Gasteiger partial charge in [-0.3, -0.25) is 9.78 Å². The van der Waals surface area contributed by atoms with Crippen LogP contribution in [-0.2, 0) is 12.6 Å². The number of unbranched alkanes of at least 4 members (excludes halogenated alkanes) is 1. The molecule has 0 saturated heterocycles. The molecular weight excluding hydrogens is 283 g/mol. The number of aromatic nitrogens is 1. The summed E-state index contributed by atoms with van der Waals surface area (Å²) in [4.78, 5) is 14.5. The summed E-state index contributed by atoms with van der Waals surface area (Å²) in [5, 5.41) is 0.550. The van der Waals surface area contributed by atoms with Crippen LogP contribution in [0.3, 0.4) is 0 Å². The SMILES string of the molecule is CCCCc1c(OC)[nH]c(=O)c2cc(C(F)(F)F)ccc12. The van der Waals surface area contributed by atoms with Crippen molar-refractivity contribution in [3.8, 4) is 5.88 Å². The van der Waals surface area contributed by atoms with Gasteiger partial charge in [0.25, 0.3) is 5.56 Å². The number of ether oxygens (including phenoxy) is 1. The van der Waals surface area contributed by atoms with Crippen molar-refractivity contribution in [1.29, 1.82) is 0 Å². The van der Waals surface area contributed by atoms with Gasteiger partial charge in [0.1, 0.15) is 0 Å². The third-order valence-corrected chi connectivity index (χ3v) is 3.40. The number of hydrogen-bond donors (Lipinski definition) is 1. The van der Waals surface area contributed by atoms with Crippen molar-refractivity contribution < 1.29 is 17.9 Å². The van der Waals surface area contributed by atoms with Gasteiger partial charge in [-0.2, -0.15) is 13.2 Å². The van der Waals surface area contributed by atoms with Crippen LogP contribution in [-0.4, -0.2) is 12.1 Å². The van der Waals surface area contributed by atoms with Crippen LogP contribution in [0.1, 0.15) is 30.9 Å². The molecule has 0 aliphatic rings. The molecule has 0 unspecified atom stereocenters. The molecule has 0 amide bonds. The Morgan fingerprint density at radius 3 is 2.52 bits per heavy atom. The first-order valence-corrected chi connectivity index (χ1v) is 6.68. The number of halogens is 3. The van der Waals surface area contributed by atoms with Gasteiger partial charge in [0.05, 0.1) is 12.7 Å². The maximum Gasteiger partial charge on any atom is 0.416 e. The van der Waals surface area contributed by atoms with Crippen LogP contribution < -0.4 is 10.3 Å². The number of rotatable bonds is 4. The number of fused-ring (bicyclic) bond motifs is 1. The minimum Gasteiger partial charge on any atom is -0.482 e.